The highest BCUT2D eigenvalue weighted by molar-refractivity contribution is 7.92. The standard InChI is InChI=1S/C17H35N3O3S/c1-14(7-8-16(2,3)4)20-15(18-5)19-13-17(24(6,21)22)9-11-23-12-10-17/h14H,7-13H2,1-6H3,(H2,18,19,20). The predicted molar refractivity (Wildman–Crippen MR) is 100 cm³/mol. The van der Waals surface area contributed by atoms with Crippen LogP contribution in [0.15, 0.2) is 4.99 Å². The summed E-state index contributed by atoms with van der Waals surface area (Å²) in [5.41, 5.74) is 0.301. The Morgan fingerprint density at radius 2 is 1.88 bits per heavy atom. The Balaban J connectivity index is 2.61. The van der Waals surface area contributed by atoms with Crippen LogP contribution in [0.1, 0.15) is 53.4 Å². The Morgan fingerprint density at radius 1 is 1.29 bits per heavy atom. The topological polar surface area (TPSA) is 79.8 Å². The van der Waals surface area contributed by atoms with Crippen LogP contribution >= 0.6 is 0 Å². The summed E-state index contributed by atoms with van der Waals surface area (Å²) >= 11 is 0. The molecule has 6 nitrogen and oxygen atoms in total. The zero-order valence-electron chi connectivity index (χ0n) is 16.1. The van der Waals surface area contributed by atoms with Crippen molar-refractivity contribution in [1.82, 2.24) is 10.6 Å². The largest absolute Gasteiger partial charge is 0.381 e. The molecule has 1 aliphatic rings. The summed E-state index contributed by atoms with van der Waals surface area (Å²) in [6.07, 6.45) is 4.52. The number of nitrogens with one attached hydrogen (secondary N) is 2. The average molecular weight is 362 g/mol. The molecule has 0 aromatic rings. The molecule has 7 heteroatoms. The molecule has 1 saturated heterocycles. The molecule has 0 aromatic carbocycles. The molecular formula is C17H35N3O3S. The van der Waals surface area contributed by atoms with E-state index in [1.54, 1.807) is 7.05 Å². The molecule has 1 aliphatic heterocycles. The van der Waals surface area contributed by atoms with Crippen molar-refractivity contribution in [1.29, 1.82) is 0 Å². The summed E-state index contributed by atoms with van der Waals surface area (Å²) in [5.74, 6) is 0.658. The van der Waals surface area contributed by atoms with Gasteiger partial charge in [0.1, 0.15) is 0 Å². The number of hydrogen-bond acceptors (Lipinski definition) is 4. The van der Waals surface area contributed by atoms with E-state index in [1.807, 2.05) is 0 Å². The minimum Gasteiger partial charge on any atom is -0.381 e. The molecule has 2 N–H and O–H groups in total. The van der Waals surface area contributed by atoms with Crippen molar-refractivity contribution in [3.63, 3.8) is 0 Å². The van der Waals surface area contributed by atoms with E-state index in [1.165, 1.54) is 6.26 Å². The van der Waals surface area contributed by atoms with Crippen LogP contribution in [0.25, 0.3) is 0 Å². The van der Waals surface area contributed by atoms with Crippen molar-refractivity contribution >= 4 is 15.8 Å². The van der Waals surface area contributed by atoms with Gasteiger partial charge in [-0.05, 0) is 38.0 Å². The molecule has 1 atom stereocenters. The van der Waals surface area contributed by atoms with Crippen LogP contribution in [0.2, 0.25) is 0 Å². The first-order valence-corrected chi connectivity index (χ1v) is 10.6. The minimum absolute atomic E-state index is 0.277. The van der Waals surface area contributed by atoms with E-state index >= 15 is 0 Å². The lowest BCUT2D eigenvalue weighted by atomic mass is 9.89. The molecule has 24 heavy (non-hydrogen) atoms. The maximum atomic E-state index is 12.3. The zero-order chi connectivity index (χ0) is 18.4. The van der Waals surface area contributed by atoms with Crippen molar-refractivity contribution in [3.05, 3.63) is 0 Å². The second-order valence-electron chi connectivity index (χ2n) is 8.14. The smallest absolute Gasteiger partial charge is 0.191 e. The third-order valence-electron chi connectivity index (χ3n) is 4.70. The van der Waals surface area contributed by atoms with E-state index in [0.29, 0.717) is 44.0 Å². The van der Waals surface area contributed by atoms with Gasteiger partial charge in [-0.3, -0.25) is 4.99 Å². The highest BCUT2D eigenvalue weighted by Gasteiger charge is 2.42. The average Bonchev–Trinajstić information content (AvgIpc) is 2.48. The third-order valence-corrected chi connectivity index (χ3v) is 6.83. The Labute approximate surface area is 147 Å². The van der Waals surface area contributed by atoms with E-state index in [0.717, 1.165) is 12.8 Å². The van der Waals surface area contributed by atoms with Gasteiger partial charge in [-0.1, -0.05) is 20.8 Å². The summed E-state index contributed by atoms with van der Waals surface area (Å²) in [4.78, 5) is 4.24. The van der Waals surface area contributed by atoms with Crippen LogP contribution in [0.3, 0.4) is 0 Å². The third kappa shape index (κ3) is 6.59. The molecule has 1 rings (SSSR count). The van der Waals surface area contributed by atoms with Gasteiger partial charge in [-0.2, -0.15) is 0 Å². The van der Waals surface area contributed by atoms with Crippen molar-refractivity contribution < 1.29 is 13.2 Å². The molecule has 1 heterocycles. The van der Waals surface area contributed by atoms with Gasteiger partial charge in [0.25, 0.3) is 0 Å². The Morgan fingerprint density at radius 3 is 2.33 bits per heavy atom. The van der Waals surface area contributed by atoms with Gasteiger partial charge >= 0.3 is 0 Å². The first-order valence-electron chi connectivity index (χ1n) is 8.74. The summed E-state index contributed by atoms with van der Waals surface area (Å²) < 4.78 is 29.2. The van der Waals surface area contributed by atoms with Crippen molar-refractivity contribution in [2.45, 2.75) is 64.2 Å². The second-order valence-corrected chi connectivity index (χ2v) is 10.5. The van der Waals surface area contributed by atoms with Gasteiger partial charge in [0.2, 0.25) is 0 Å². The van der Waals surface area contributed by atoms with Gasteiger partial charge < -0.3 is 15.4 Å². The molecule has 1 unspecified atom stereocenters. The summed E-state index contributed by atoms with van der Waals surface area (Å²) in [6.45, 7) is 10.2. The van der Waals surface area contributed by atoms with Crippen LogP contribution in [0.4, 0.5) is 0 Å². The highest BCUT2D eigenvalue weighted by atomic mass is 32.2. The van der Waals surface area contributed by atoms with Gasteiger partial charge in [0.15, 0.2) is 15.8 Å². The lowest BCUT2D eigenvalue weighted by Crippen LogP contribution is -2.54. The van der Waals surface area contributed by atoms with Crippen LogP contribution in [0.5, 0.6) is 0 Å². The number of sulfone groups is 1. The van der Waals surface area contributed by atoms with E-state index in [-0.39, 0.29) is 6.04 Å². The quantitative estimate of drug-likeness (QED) is 0.558. The molecule has 0 saturated carbocycles. The SMILES string of the molecule is CN=C(NCC1(S(C)(=O)=O)CCOCC1)NC(C)CCC(C)(C)C. The summed E-state index contributed by atoms with van der Waals surface area (Å²) in [5, 5.41) is 6.58. The Kier molecular flexibility index (Phi) is 7.53. The number of rotatable bonds is 6. The molecule has 0 amide bonds. The normalized spacial score (nSPS) is 20.5. The monoisotopic (exact) mass is 361 g/mol. The molecule has 0 spiro atoms. The first kappa shape index (κ1) is 21.2. The summed E-state index contributed by atoms with van der Waals surface area (Å²) in [7, 11) is -1.46. The van der Waals surface area contributed by atoms with Gasteiger partial charge in [0, 0.05) is 39.1 Å². The number of aliphatic imine (C=N–C) groups is 1. The molecule has 0 aliphatic carbocycles. The van der Waals surface area contributed by atoms with Crippen LogP contribution in [-0.4, -0.2) is 58.2 Å². The Hall–Kier alpha value is -0.820. The predicted octanol–water partition coefficient (Wildman–Crippen LogP) is 1.96. The molecule has 1 fully saturated rings. The van der Waals surface area contributed by atoms with Gasteiger partial charge in [-0.25, -0.2) is 8.42 Å². The zero-order valence-corrected chi connectivity index (χ0v) is 16.9. The summed E-state index contributed by atoms with van der Waals surface area (Å²) in [6, 6.07) is 0.277. The van der Waals surface area contributed by atoms with Crippen molar-refractivity contribution in [2.24, 2.45) is 10.4 Å². The van der Waals surface area contributed by atoms with Crippen molar-refractivity contribution in [3.8, 4) is 0 Å². The fraction of sp³-hybridized carbons (Fsp3) is 0.941. The maximum absolute atomic E-state index is 12.3. The maximum Gasteiger partial charge on any atom is 0.191 e. The Bertz CT molecular complexity index is 518. The number of nitrogens with zero attached hydrogens (tertiary/aromatic N) is 1. The fourth-order valence-corrected chi connectivity index (χ4v) is 4.06. The van der Waals surface area contributed by atoms with Gasteiger partial charge in [0.05, 0.1) is 4.75 Å². The molecular weight excluding hydrogens is 326 g/mol. The lowest BCUT2D eigenvalue weighted by molar-refractivity contribution is 0.0756. The van der Waals surface area contributed by atoms with Crippen molar-refractivity contribution in [2.75, 3.05) is 33.1 Å². The minimum atomic E-state index is -3.17. The van der Waals surface area contributed by atoms with E-state index in [9.17, 15) is 8.42 Å². The molecule has 0 radical (unpaired) electrons. The van der Waals surface area contributed by atoms with E-state index in [2.05, 4.69) is 43.3 Å². The fourth-order valence-electron chi connectivity index (χ4n) is 2.82. The lowest BCUT2D eigenvalue weighted by Gasteiger charge is -2.36. The van der Waals surface area contributed by atoms with Crippen LogP contribution in [-0.2, 0) is 14.6 Å². The van der Waals surface area contributed by atoms with Crippen LogP contribution in [0, 0.1) is 5.41 Å². The number of hydrogen-bond donors (Lipinski definition) is 2. The molecule has 142 valence electrons. The number of ether oxygens (including phenoxy) is 1. The number of guanidine groups is 1. The highest BCUT2D eigenvalue weighted by Crippen LogP contribution is 2.28. The van der Waals surface area contributed by atoms with E-state index < -0.39 is 14.6 Å². The molecule has 0 aromatic heterocycles. The first-order chi connectivity index (χ1) is 11.0. The van der Waals surface area contributed by atoms with E-state index in [4.69, 9.17) is 4.74 Å². The molecule has 0 bridgehead atoms. The van der Waals surface area contributed by atoms with Gasteiger partial charge in [-0.15, -0.1) is 0 Å². The van der Waals surface area contributed by atoms with Crippen LogP contribution < -0.4 is 10.6 Å². The second kappa shape index (κ2) is 8.52.